The molecular formula is C25H26N4O. The van der Waals surface area contributed by atoms with Gasteiger partial charge in [0, 0.05) is 48.6 Å². The van der Waals surface area contributed by atoms with Crippen molar-refractivity contribution in [3.8, 4) is 0 Å². The summed E-state index contributed by atoms with van der Waals surface area (Å²) in [7, 11) is 0. The number of anilines is 4. The van der Waals surface area contributed by atoms with E-state index in [1.165, 1.54) is 29.8 Å². The topological polar surface area (TPSA) is 48.5 Å². The third-order valence-corrected chi connectivity index (χ3v) is 5.99. The van der Waals surface area contributed by atoms with E-state index >= 15 is 0 Å². The zero-order valence-electron chi connectivity index (χ0n) is 17.1. The summed E-state index contributed by atoms with van der Waals surface area (Å²) in [6.07, 6.45) is 6.42. The second-order valence-corrected chi connectivity index (χ2v) is 7.98. The number of carbonyl (C=O) groups excluding carboxylic acids is 1. The minimum Gasteiger partial charge on any atom is -0.372 e. The van der Waals surface area contributed by atoms with E-state index in [-0.39, 0.29) is 5.91 Å². The highest BCUT2D eigenvalue weighted by Gasteiger charge is 2.19. The van der Waals surface area contributed by atoms with Crippen LogP contribution in [0.3, 0.4) is 0 Å². The molecule has 1 amide bonds. The number of amides is 1. The van der Waals surface area contributed by atoms with Crippen molar-refractivity contribution in [2.45, 2.75) is 25.7 Å². The highest BCUT2D eigenvalue weighted by atomic mass is 16.1. The molecule has 152 valence electrons. The first-order chi connectivity index (χ1) is 14.8. The Morgan fingerprint density at radius 3 is 2.50 bits per heavy atom. The number of hydrogen-bond acceptors (Lipinski definition) is 4. The zero-order chi connectivity index (χ0) is 20.3. The Balaban J connectivity index is 1.32. The highest BCUT2D eigenvalue weighted by Crippen LogP contribution is 2.33. The van der Waals surface area contributed by atoms with Gasteiger partial charge in [0.05, 0.1) is 0 Å². The fourth-order valence-corrected chi connectivity index (χ4v) is 4.44. The first kappa shape index (κ1) is 18.7. The fraction of sp³-hybridized carbons (Fsp3) is 0.280. The summed E-state index contributed by atoms with van der Waals surface area (Å²) in [6, 6.07) is 20.4. The third kappa shape index (κ3) is 3.75. The number of aryl methyl sites for hydroxylation is 1. The zero-order valence-corrected chi connectivity index (χ0v) is 17.1. The quantitative estimate of drug-likeness (QED) is 0.670. The molecule has 5 rings (SSSR count). The van der Waals surface area contributed by atoms with Crippen molar-refractivity contribution in [1.29, 1.82) is 0 Å². The lowest BCUT2D eigenvalue weighted by atomic mass is 10.0. The van der Waals surface area contributed by atoms with Gasteiger partial charge in [-0.3, -0.25) is 9.78 Å². The minimum atomic E-state index is -0.184. The molecule has 30 heavy (non-hydrogen) atoms. The predicted molar refractivity (Wildman–Crippen MR) is 122 cm³/mol. The van der Waals surface area contributed by atoms with Crippen LogP contribution < -0.4 is 15.1 Å². The van der Waals surface area contributed by atoms with Gasteiger partial charge in [-0.15, -0.1) is 0 Å². The van der Waals surface area contributed by atoms with Crippen molar-refractivity contribution in [2.75, 3.05) is 34.8 Å². The van der Waals surface area contributed by atoms with Gasteiger partial charge in [0.2, 0.25) is 0 Å². The first-order valence-electron chi connectivity index (χ1n) is 10.8. The molecule has 2 aliphatic heterocycles. The number of rotatable bonds is 4. The smallest absolute Gasteiger partial charge is 0.274 e. The Morgan fingerprint density at radius 1 is 0.867 bits per heavy atom. The van der Waals surface area contributed by atoms with Crippen LogP contribution >= 0.6 is 0 Å². The molecule has 3 aromatic rings. The van der Waals surface area contributed by atoms with Crippen LogP contribution in [-0.4, -0.2) is 30.5 Å². The molecule has 0 radical (unpaired) electrons. The number of aromatic nitrogens is 1. The monoisotopic (exact) mass is 398 g/mol. The number of nitrogens with zero attached hydrogens (tertiary/aromatic N) is 3. The van der Waals surface area contributed by atoms with E-state index in [0.29, 0.717) is 5.69 Å². The van der Waals surface area contributed by atoms with Gasteiger partial charge < -0.3 is 15.1 Å². The number of carbonyl (C=O) groups is 1. The average molecular weight is 399 g/mol. The average Bonchev–Trinajstić information content (AvgIpc) is 3.34. The molecule has 0 bridgehead atoms. The standard InChI is InChI=1S/C25H26N4O/c30-25(27-20-9-11-21(12-10-20)28-15-3-4-16-28)23-18-22(13-14-26-23)29-17-5-7-19-6-1-2-8-24(19)29/h1-2,6,8-14,18H,3-5,7,15-17H2,(H,27,30). The Labute approximate surface area is 177 Å². The van der Waals surface area contributed by atoms with E-state index in [2.05, 4.69) is 56.5 Å². The molecule has 2 aliphatic rings. The second kappa shape index (κ2) is 8.19. The van der Waals surface area contributed by atoms with Crippen molar-refractivity contribution in [1.82, 2.24) is 4.98 Å². The Morgan fingerprint density at radius 2 is 1.67 bits per heavy atom. The molecule has 1 fully saturated rings. The largest absolute Gasteiger partial charge is 0.372 e. The van der Waals surface area contributed by atoms with Gasteiger partial charge in [-0.25, -0.2) is 0 Å². The molecule has 0 spiro atoms. The van der Waals surface area contributed by atoms with E-state index in [9.17, 15) is 4.79 Å². The molecule has 0 unspecified atom stereocenters. The van der Waals surface area contributed by atoms with Gasteiger partial charge in [-0.05, 0) is 73.7 Å². The van der Waals surface area contributed by atoms with Gasteiger partial charge in [0.15, 0.2) is 0 Å². The summed E-state index contributed by atoms with van der Waals surface area (Å²) in [5.41, 5.74) is 6.02. The van der Waals surface area contributed by atoms with Crippen molar-refractivity contribution in [3.05, 3.63) is 78.1 Å². The number of pyridine rings is 1. The lowest BCUT2D eigenvalue weighted by Crippen LogP contribution is -2.25. The van der Waals surface area contributed by atoms with Gasteiger partial charge in [-0.1, -0.05) is 18.2 Å². The van der Waals surface area contributed by atoms with Crippen LogP contribution in [0.2, 0.25) is 0 Å². The predicted octanol–water partition coefficient (Wildman–Crippen LogP) is 5.02. The number of benzene rings is 2. The molecule has 0 saturated carbocycles. The maximum absolute atomic E-state index is 12.8. The lowest BCUT2D eigenvalue weighted by molar-refractivity contribution is 0.102. The second-order valence-electron chi connectivity index (χ2n) is 7.98. The van der Waals surface area contributed by atoms with Crippen molar-refractivity contribution in [2.24, 2.45) is 0 Å². The van der Waals surface area contributed by atoms with E-state index in [0.717, 1.165) is 43.9 Å². The lowest BCUT2D eigenvalue weighted by Gasteiger charge is -2.31. The molecule has 1 N–H and O–H groups in total. The SMILES string of the molecule is O=C(Nc1ccc(N2CCCC2)cc1)c1cc(N2CCCc3ccccc32)ccn1. The summed E-state index contributed by atoms with van der Waals surface area (Å²) < 4.78 is 0. The molecule has 5 nitrogen and oxygen atoms in total. The molecule has 1 saturated heterocycles. The summed E-state index contributed by atoms with van der Waals surface area (Å²) in [5.74, 6) is -0.184. The van der Waals surface area contributed by atoms with Gasteiger partial charge in [-0.2, -0.15) is 0 Å². The van der Waals surface area contributed by atoms with Crippen LogP contribution in [-0.2, 0) is 6.42 Å². The number of fused-ring (bicyclic) bond motifs is 1. The summed E-state index contributed by atoms with van der Waals surface area (Å²) in [6.45, 7) is 3.17. The summed E-state index contributed by atoms with van der Waals surface area (Å²) in [4.78, 5) is 21.8. The molecule has 2 aromatic carbocycles. The third-order valence-electron chi connectivity index (χ3n) is 5.99. The maximum Gasteiger partial charge on any atom is 0.274 e. The van der Waals surface area contributed by atoms with Crippen LogP contribution in [0.1, 0.15) is 35.3 Å². The van der Waals surface area contributed by atoms with E-state index in [1.54, 1.807) is 6.20 Å². The molecule has 0 atom stereocenters. The van der Waals surface area contributed by atoms with E-state index in [4.69, 9.17) is 0 Å². The van der Waals surface area contributed by atoms with Gasteiger partial charge in [0.1, 0.15) is 5.69 Å². The van der Waals surface area contributed by atoms with Crippen LogP contribution in [0.5, 0.6) is 0 Å². The van der Waals surface area contributed by atoms with Crippen LogP contribution in [0.4, 0.5) is 22.7 Å². The summed E-state index contributed by atoms with van der Waals surface area (Å²) in [5, 5.41) is 2.99. The highest BCUT2D eigenvalue weighted by molar-refractivity contribution is 6.03. The first-order valence-corrected chi connectivity index (χ1v) is 10.8. The molecular weight excluding hydrogens is 372 g/mol. The van der Waals surface area contributed by atoms with Crippen molar-refractivity contribution >= 4 is 28.7 Å². The number of para-hydroxylation sites is 1. The Hall–Kier alpha value is -3.34. The Bertz CT molecular complexity index is 1040. The Kier molecular flexibility index (Phi) is 5.10. The van der Waals surface area contributed by atoms with Crippen molar-refractivity contribution < 1.29 is 4.79 Å². The number of hydrogen-bond donors (Lipinski definition) is 1. The van der Waals surface area contributed by atoms with E-state index in [1.807, 2.05) is 24.3 Å². The molecule has 3 heterocycles. The summed E-state index contributed by atoms with van der Waals surface area (Å²) >= 11 is 0. The molecule has 5 heteroatoms. The minimum absolute atomic E-state index is 0.184. The van der Waals surface area contributed by atoms with E-state index < -0.39 is 0 Å². The van der Waals surface area contributed by atoms with Gasteiger partial charge >= 0.3 is 0 Å². The normalized spacial score (nSPS) is 15.7. The fourth-order valence-electron chi connectivity index (χ4n) is 4.44. The molecule has 0 aliphatic carbocycles. The van der Waals surface area contributed by atoms with Crippen LogP contribution in [0, 0.1) is 0 Å². The van der Waals surface area contributed by atoms with Crippen molar-refractivity contribution in [3.63, 3.8) is 0 Å². The molecule has 1 aromatic heterocycles. The van der Waals surface area contributed by atoms with Gasteiger partial charge in [0.25, 0.3) is 5.91 Å². The van der Waals surface area contributed by atoms with Crippen LogP contribution in [0.15, 0.2) is 66.9 Å². The number of nitrogens with one attached hydrogen (secondary N) is 1. The van der Waals surface area contributed by atoms with Crippen LogP contribution in [0.25, 0.3) is 0 Å². The maximum atomic E-state index is 12.8.